The van der Waals surface area contributed by atoms with E-state index >= 15 is 0 Å². The number of aromatic carboxylic acids is 1. The molecule has 5 nitrogen and oxygen atoms in total. The van der Waals surface area contributed by atoms with Crippen molar-refractivity contribution >= 4 is 5.97 Å². The Morgan fingerprint density at radius 1 is 1.50 bits per heavy atom. The summed E-state index contributed by atoms with van der Waals surface area (Å²) in [7, 11) is 0. The number of phenols is 2. The lowest BCUT2D eigenvalue weighted by Crippen LogP contribution is -2.06. The molecule has 0 amide bonds. The van der Waals surface area contributed by atoms with Gasteiger partial charge in [0.05, 0.1) is 5.56 Å². The SMILES string of the molecule is CCc1c(C(=O)O)cc(O)c(O)c1[O-]. The van der Waals surface area contributed by atoms with Crippen LogP contribution in [0.5, 0.6) is 17.2 Å². The Labute approximate surface area is 79.9 Å². The summed E-state index contributed by atoms with van der Waals surface area (Å²) in [5.41, 5.74) is -0.277. The summed E-state index contributed by atoms with van der Waals surface area (Å²) in [5, 5.41) is 38.1. The molecule has 0 heterocycles. The topological polar surface area (TPSA) is 101 Å². The van der Waals surface area contributed by atoms with Crippen LogP contribution in [-0.4, -0.2) is 21.3 Å². The van der Waals surface area contributed by atoms with Gasteiger partial charge in [0.25, 0.3) is 0 Å². The summed E-state index contributed by atoms with van der Waals surface area (Å²) in [6.45, 7) is 1.60. The second-order valence-electron chi connectivity index (χ2n) is 2.76. The molecule has 1 aromatic carbocycles. The summed E-state index contributed by atoms with van der Waals surface area (Å²) < 4.78 is 0. The number of phenolic OH excluding ortho intramolecular Hbond substituents is 2. The molecule has 1 rings (SSSR count). The zero-order valence-electron chi connectivity index (χ0n) is 7.44. The molecule has 0 unspecified atom stereocenters. The zero-order valence-corrected chi connectivity index (χ0v) is 7.44. The Morgan fingerprint density at radius 2 is 2.07 bits per heavy atom. The van der Waals surface area contributed by atoms with Crippen LogP contribution >= 0.6 is 0 Å². The third kappa shape index (κ3) is 1.44. The summed E-state index contributed by atoms with van der Waals surface area (Å²) in [6, 6.07) is 0.873. The average molecular weight is 197 g/mol. The second-order valence-corrected chi connectivity index (χ2v) is 2.76. The van der Waals surface area contributed by atoms with Crippen molar-refractivity contribution in [1.29, 1.82) is 0 Å². The minimum Gasteiger partial charge on any atom is -0.870 e. The van der Waals surface area contributed by atoms with Crippen molar-refractivity contribution in [2.24, 2.45) is 0 Å². The van der Waals surface area contributed by atoms with Crippen molar-refractivity contribution in [1.82, 2.24) is 0 Å². The van der Waals surface area contributed by atoms with Crippen LogP contribution in [0.4, 0.5) is 0 Å². The second kappa shape index (κ2) is 3.45. The van der Waals surface area contributed by atoms with E-state index in [2.05, 4.69) is 0 Å². The molecule has 0 spiro atoms. The lowest BCUT2D eigenvalue weighted by Gasteiger charge is -2.17. The average Bonchev–Trinajstić information content (AvgIpc) is 2.13. The van der Waals surface area contributed by atoms with Crippen LogP contribution in [0.2, 0.25) is 0 Å². The Bertz CT molecular complexity index is 383. The van der Waals surface area contributed by atoms with E-state index in [1.165, 1.54) is 0 Å². The molecule has 76 valence electrons. The van der Waals surface area contributed by atoms with Gasteiger partial charge in [-0.2, -0.15) is 0 Å². The molecular formula is C9H9O5-. The van der Waals surface area contributed by atoms with Crippen molar-refractivity contribution in [3.8, 4) is 17.2 Å². The van der Waals surface area contributed by atoms with Crippen molar-refractivity contribution in [3.05, 3.63) is 17.2 Å². The molecule has 0 saturated carbocycles. The Balaban J connectivity index is 3.51. The highest BCUT2D eigenvalue weighted by atomic mass is 16.4. The molecule has 5 heteroatoms. The number of benzene rings is 1. The molecule has 0 aromatic heterocycles. The molecule has 0 aliphatic carbocycles. The van der Waals surface area contributed by atoms with Crippen LogP contribution in [0.25, 0.3) is 0 Å². The first-order chi connectivity index (χ1) is 6.49. The van der Waals surface area contributed by atoms with E-state index in [1.807, 2.05) is 0 Å². The van der Waals surface area contributed by atoms with Crippen LogP contribution in [0.15, 0.2) is 6.07 Å². The van der Waals surface area contributed by atoms with Crippen molar-refractivity contribution in [2.75, 3.05) is 0 Å². The van der Waals surface area contributed by atoms with Crippen molar-refractivity contribution < 1.29 is 25.2 Å². The highest BCUT2D eigenvalue weighted by Gasteiger charge is 2.14. The number of rotatable bonds is 2. The zero-order chi connectivity index (χ0) is 10.9. The maximum atomic E-state index is 11.3. The predicted octanol–water partition coefficient (Wildman–Crippen LogP) is 0.432. The van der Waals surface area contributed by atoms with Crippen molar-refractivity contribution in [2.45, 2.75) is 13.3 Å². The van der Waals surface area contributed by atoms with Gasteiger partial charge in [-0.15, -0.1) is 0 Å². The van der Waals surface area contributed by atoms with Gasteiger partial charge in [0.15, 0.2) is 5.75 Å². The quantitative estimate of drug-likeness (QED) is 0.597. The lowest BCUT2D eigenvalue weighted by molar-refractivity contribution is -0.271. The monoisotopic (exact) mass is 197 g/mol. The van der Waals surface area contributed by atoms with E-state index < -0.39 is 23.2 Å². The van der Waals surface area contributed by atoms with E-state index in [-0.39, 0.29) is 17.5 Å². The van der Waals surface area contributed by atoms with Crippen LogP contribution in [-0.2, 0) is 6.42 Å². The number of carboxylic acid groups (broad SMARTS) is 1. The van der Waals surface area contributed by atoms with Gasteiger partial charge in [-0.05, 0) is 18.1 Å². The molecule has 0 fully saturated rings. The van der Waals surface area contributed by atoms with E-state index in [4.69, 9.17) is 15.3 Å². The fourth-order valence-electron chi connectivity index (χ4n) is 1.22. The Morgan fingerprint density at radius 3 is 2.50 bits per heavy atom. The van der Waals surface area contributed by atoms with Gasteiger partial charge in [0.2, 0.25) is 0 Å². The fraction of sp³-hybridized carbons (Fsp3) is 0.222. The van der Waals surface area contributed by atoms with Gasteiger partial charge in [0, 0.05) is 0 Å². The largest absolute Gasteiger partial charge is 0.870 e. The summed E-state index contributed by atoms with van der Waals surface area (Å²) >= 11 is 0. The molecule has 14 heavy (non-hydrogen) atoms. The minimum atomic E-state index is -1.30. The summed E-state index contributed by atoms with van der Waals surface area (Å²) in [5.74, 6) is -3.63. The molecule has 0 bridgehead atoms. The Kier molecular flexibility index (Phi) is 2.51. The highest BCUT2D eigenvalue weighted by Crippen LogP contribution is 2.37. The van der Waals surface area contributed by atoms with Crippen molar-refractivity contribution in [3.63, 3.8) is 0 Å². The van der Waals surface area contributed by atoms with Crippen LogP contribution < -0.4 is 5.11 Å². The van der Waals surface area contributed by atoms with E-state index in [0.29, 0.717) is 0 Å². The number of carboxylic acids is 1. The van der Waals surface area contributed by atoms with Gasteiger partial charge < -0.3 is 20.4 Å². The molecule has 0 aliphatic rings. The molecule has 0 aliphatic heterocycles. The molecule has 0 radical (unpaired) electrons. The number of carbonyl (C=O) groups is 1. The van der Waals surface area contributed by atoms with E-state index in [0.717, 1.165) is 6.07 Å². The molecular weight excluding hydrogens is 188 g/mol. The molecule has 3 N–H and O–H groups in total. The fourth-order valence-corrected chi connectivity index (χ4v) is 1.22. The first-order valence-electron chi connectivity index (χ1n) is 3.97. The summed E-state index contributed by atoms with van der Waals surface area (Å²) in [4.78, 5) is 10.7. The maximum absolute atomic E-state index is 11.3. The minimum absolute atomic E-state index is 0.00667. The predicted molar refractivity (Wildman–Crippen MR) is 45.6 cm³/mol. The van der Waals surface area contributed by atoms with Gasteiger partial charge in [-0.1, -0.05) is 12.7 Å². The molecule has 0 saturated heterocycles. The smallest absolute Gasteiger partial charge is 0.336 e. The van der Waals surface area contributed by atoms with Crippen LogP contribution in [0, 0.1) is 0 Å². The number of hydrogen-bond donors (Lipinski definition) is 3. The first-order valence-corrected chi connectivity index (χ1v) is 3.97. The summed E-state index contributed by atoms with van der Waals surface area (Å²) in [6.07, 6.45) is 0.189. The third-order valence-corrected chi connectivity index (χ3v) is 1.92. The Hall–Kier alpha value is -1.91. The number of hydrogen-bond acceptors (Lipinski definition) is 4. The highest BCUT2D eigenvalue weighted by molar-refractivity contribution is 5.91. The van der Waals surface area contributed by atoms with Gasteiger partial charge in [-0.25, -0.2) is 4.79 Å². The third-order valence-electron chi connectivity index (χ3n) is 1.92. The first kappa shape index (κ1) is 10.2. The van der Waals surface area contributed by atoms with Gasteiger partial charge >= 0.3 is 5.97 Å². The maximum Gasteiger partial charge on any atom is 0.336 e. The molecule has 1 aromatic rings. The van der Waals surface area contributed by atoms with E-state index in [9.17, 15) is 9.90 Å². The van der Waals surface area contributed by atoms with Crippen LogP contribution in [0.1, 0.15) is 22.8 Å². The normalized spacial score (nSPS) is 10.1. The lowest BCUT2D eigenvalue weighted by atomic mass is 10.0. The van der Waals surface area contributed by atoms with Crippen LogP contribution in [0.3, 0.4) is 0 Å². The van der Waals surface area contributed by atoms with E-state index in [1.54, 1.807) is 6.92 Å². The number of aromatic hydroxyl groups is 2. The molecule has 0 atom stereocenters. The van der Waals surface area contributed by atoms with Gasteiger partial charge in [0.1, 0.15) is 5.75 Å². The van der Waals surface area contributed by atoms with Gasteiger partial charge in [-0.3, -0.25) is 0 Å². The standard InChI is InChI=1S/C9H10O5/c1-2-4-5(9(13)14)3-6(10)8(12)7(4)11/h3,10-12H,2H2,1H3,(H,13,14)/p-1.